The van der Waals surface area contributed by atoms with Crippen molar-refractivity contribution < 1.29 is 13.9 Å². The van der Waals surface area contributed by atoms with Crippen LogP contribution in [0.2, 0.25) is 0 Å². The van der Waals surface area contributed by atoms with Gasteiger partial charge in [-0.3, -0.25) is 9.78 Å². The van der Waals surface area contributed by atoms with Crippen molar-refractivity contribution in [3.05, 3.63) is 65.9 Å². The Kier molecular flexibility index (Phi) is 4.24. The molecule has 0 spiro atoms. The molecule has 3 aromatic rings. The normalized spacial score (nSPS) is 10.5. The fraction of sp³-hybridized carbons (Fsp3) is 0.118. The zero-order valence-corrected chi connectivity index (χ0v) is 13.2. The zero-order chi connectivity index (χ0) is 17.1. The van der Waals surface area contributed by atoms with Gasteiger partial charge < -0.3 is 10.1 Å². The Hall–Kier alpha value is -3.22. The molecule has 0 fully saturated rings. The van der Waals surface area contributed by atoms with Gasteiger partial charge in [0.25, 0.3) is 5.91 Å². The molecule has 0 bridgehead atoms. The molecule has 0 aliphatic rings. The van der Waals surface area contributed by atoms with Gasteiger partial charge in [0, 0.05) is 25.5 Å². The number of nitrogens with zero attached hydrogens (tertiary/aromatic N) is 3. The Morgan fingerprint density at radius 1 is 1.29 bits per heavy atom. The monoisotopic (exact) mass is 326 g/mol. The number of carbonyl (C=O) groups excluding carboxylic acids is 1. The highest BCUT2D eigenvalue weighted by Crippen LogP contribution is 2.32. The van der Waals surface area contributed by atoms with Gasteiger partial charge in [-0.2, -0.15) is 5.10 Å². The maximum atomic E-state index is 13.3. The first kappa shape index (κ1) is 15.7. The van der Waals surface area contributed by atoms with Crippen molar-refractivity contribution >= 4 is 11.6 Å². The van der Waals surface area contributed by atoms with Gasteiger partial charge >= 0.3 is 0 Å². The SMILES string of the molecule is Cc1nn(C)c(Oc2cccc(F)c2)c1NC(=O)c1cccnc1. The van der Waals surface area contributed by atoms with Crippen LogP contribution in [0.1, 0.15) is 16.1 Å². The van der Waals surface area contributed by atoms with Gasteiger partial charge in [0.05, 0.1) is 11.3 Å². The van der Waals surface area contributed by atoms with E-state index in [4.69, 9.17) is 4.74 Å². The lowest BCUT2D eigenvalue weighted by Crippen LogP contribution is -2.13. The van der Waals surface area contributed by atoms with E-state index in [1.165, 1.54) is 23.0 Å². The van der Waals surface area contributed by atoms with E-state index in [2.05, 4.69) is 15.4 Å². The van der Waals surface area contributed by atoms with Crippen LogP contribution in [0.25, 0.3) is 0 Å². The van der Waals surface area contributed by atoms with Crippen molar-refractivity contribution in [1.29, 1.82) is 0 Å². The maximum Gasteiger partial charge on any atom is 0.257 e. The highest BCUT2D eigenvalue weighted by Gasteiger charge is 2.19. The van der Waals surface area contributed by atoms with Gasteiger partial charge in [0.2, 0.25) is 5.88 Å². The van der Waals surface area contributed by atoms with E-state index in [9.17, 15) is 9.18 Å². The van der Waals surface area contributed by atoms with Crippen LogP contribution >= 0.6 is 0 Å². The van der Waals surface area contributed by atoms with Crippen molar-refractivity contribution in [3.8, 4) is 11.6 Å². The van der Waals surface area contributed by atoms with Crippen molar-refractivity contribution in [1.82, 2.24) is 14.8 Å². The molecule has 6 nitrogen and oxygen atoms in total. The van der Waals surface area contributed by atoms with Gasteiger partial charge in [-0.15, -0.1) is 0 Å². The topological polar surface area (TPSA) is 69.0 Å². The largest absolute Gasteiger partial charge is 0.437 e. The van der Waals surface area contributed by atoms with Crippen LogP contribution in [0.4, 0.5) is 10.1 Å². The average molecular weight is 326 g/mol. The highest BCUT2D eigenvalue weighted by molar-refractivity contribution is 6.05. The molecule has 0 saturated carbocycles. The summed E-state index contributed by atoms with van der Waals surface area (Å²) in [6, 6.07) is 9.08. The first-order valence-electron chi connectivity index (χ1n) is 7.23. The lowest BCUT2D eigenvalue weighted by Gasteiger charge is -2.10. The number of hydrogen-bond donors (Lipinski definition) is 1. The molecule has 1 amide bonds. The van der Waals surface area contributed by atoms with Crippen molar-refractivity contribution in [2.24, 2.45) is 7.05 Å². The van der Waals surface area contributed by atoms with Crippen molar-refractivity contribution in [2.75, 3.05) is 5.32 Å². The van der Waals surface area contributed by atoms with Gasteiger partial charge in [0.1, 0.15) is 17.3 Å². The van der Waals surface area contributed by atoms with Crippen LogP contribution in [-0.2, 0) is 7.05 Å². The fourth-order valence-corrected chi connectivity index (χ4v) is 2.22. The van der Waals surface area contributed by atoms with Gasteiger partial charge in [0.15, 0.2) is 0 Å². The zero-order valence-electron chi connectivity index (χ0n) is 13.2. The second kappa shape index (κ2) is 6.49. The standard InChI is InChI=1S/C17H15FN4O2/c1-11-15(20-16(23)12-5-4-8-19-10-12)17(22(2)21-11)24-14-7-3-6-13(18)9-14/h3-10H,1-2H3,(H,20,23). The highest BCUT2D eigenvalue weighted by atomic mass is 19.1. The summed E-state index contributed by atoms with van der Waals surface area (Å²) in [4.78, 5) is 16.3. The Balaban J connectivity index is 1.90. The molecule has 7 heteroatoms. The van der Waals surface area contributed by atoms with Gasteiger partial charge in [-0.25, -0.2) is 9.07 Å². The summed E-state index contributed by atoms with van der Waals surface area (Å²) >= 11 is 0. The second-order valence-corrected chi connectivity index (χ2v) is 5.14. The number of pyridine rings is 1. The molecule has 24 heavy (non-hydrogen) atoms. The third-order valence-electron chi connectivity index (χ3n) is 3.34. The number of aryl methyl sites for hydroxylation is 2. The molecule has 0 aliphatic heterocycles. The Bertz CT molecular complexity index is 878. The number of benzene rings is 1. The Morgan fingerprint density at radius 3 is 2.83 bits per heavy atom. The molecule has 0 radical (unpaired) electrons. The fourth-order valence-electron chi connectivity index (χ4n) is 2.22. The number of rotatable bonds is 4. The van der Waals surface area contributed by atoms with Crippen LogP contribution in [0, 0.1) is 12.7 Å². The smallest absolute Gasteiger partial charge is 0.257 e. The summed E-state index contributed by atoms with van der Waals surface area (Å²) in [7, 11) is 1.68. The molecule has 1 N–H and O–H groups in total. The van der Waals surface area contributed by atoms with E-state index in [0.717, 1.165) is 0 Å². The molecule has 2 aromatic heterocycles. The summed E-state index contributed by atoms with van der Waals surface area (Å²) in [5, 5.41) is 7.01. The first-order valence-corrected chi connectivity index (χ1v) is 7.23. The van der Waals surface area contributed by atoms with E-state index < -0.39 is 5.82 Å². The van der Waals surface area contributed by atoms with Gasteiger partial charge in [-0.05, 0) is 31.2 Å². The minimum absolute atomic E-state index is 0.315. The number of ether oxygens (including phenoxy) is 1. The number of halogens is 1. The predicted molar refractivity (Wildman–Crippen MR) is 86.6 cm³/mol. The number of carbonyl (C=O) groups is 1. The first-order chi connectivity index (χ1) is 11.5. The minimum Gasteiger partial charge on any atom is -0.437 e. The maximum absolute atomic E-state index is 13.3. The molecule has 0 unspecified atom stereocenters. The van der Waals surface area contributed by atoms with Crippen LogP contribution in [0.15, 0.2) is 48.8 Å². The Labute approximate surface area is 137 Å². The van der Waals surface area contributed by atoms with Crippen LogP contribution in [0.3, 0.4) is 0 Å². The molecular weight excluding hydrogens is 311 g/mol. The van der Waals surface area contributed by atoms with Crippen LogP contribution in [0.5, 0.6) is 11.6 Å². The molecule has 122 valence electrons. The predicted octanol–water partition coefficient (Wildman–Crippen LogP) is 3.31. The molecule has 2 heterocycles. The van der Waals surface area contributed by atoms with Crippen LogP contribution in [-0.4, -0.2) is 20.7 Å². The summed E-state index contributed by atoms with van der Waals surface area (Å²) in [6.07, 6.45) is 3.05. The van der Waals surface area contributed by atoms with E-state index in [1.807, 2.05) is 0 Å². The number of hydrogen-bond acceptors (Lipinski definition) is 4. The lowest BCUT2D eigenvalue weighted by molar-refractivity contribution is 0.102. The number of aromatic nitrogens is 3. The third-order valence-corrected chi connectivity index (χ3v) is 3.34. The average Bonchev–Trinajstić information content (AvgIpc) is 2.83. The lowest BCUT2D eigenvalue weighted by atomic mass is 10.2. The third kappa shape index (κ3) is 3.24. The second-order valence-electron chi connectivity index (χ2n) is 5.14. The number of amides is 1. The molecular formula is C17H15FN4O2. The summed E-state index contributed by atoms with van der Waals surface area (Å²) < 4.78 is 20.5. The van der Waals surface area contributed by atoms with E-state index >= 15 is 0 Å². The summed E-state index contributed by atoms with van der Waals surface area (Å²) in [5.41, 5.74) is 1.43. The van der Waals surface area contributed by atoms with E-state index in [0.29, 0.717) is 28.6 Å². The van der Waals surface area contributed by atoms with Crippen molar-refractivity contribution in [3.63, 3.8) is 0 Å². The summed E-state index contributed by atoms with van der Waals surface area (Å²) in [6.45, 7) is 1.75. The minimum atomic E-state index is -0.410. The van der Waals surface area contributed by atoms with Gasteiger partial charge in [-0.1, -0.05) is 6.07 Å². The quantitative estimate of drug-likeness (QED) is 0.798. The van der Waals surface area contributed by atoms with E-state index in [1.54, 1.807) is 44.4 Å². The molecule has 0 atom stereocenters. The summed E-state index contributed by atoms with van der Waals surface area (Å²) in [5.74, 6) is -0.110. The molecule has 0 saturated heterocycles. The molecule has 1 aromatic carbocycles. The van der Waals surface area contributed by atoms with Crippen LogP contribution < -0.4 is 10.1 Å². The van der Waals surface area contributed by atoms with E-state index in [-0.39, 0.29) is 5.91 Å². The molecule has 0 aliphatic carbocycles. The Morgan fingerprint density at radius 2 is 2.12 bits per heavy atom. The van der Waals surface area contributed by atoms with Crippen molar-refractivity contribution in [2.45, 2.75) is 6.92 Å². The molecule has 3 rings (SSSR count). The number of nitrogens with one attached hydrogen (secondary N) is 1. The number of anilines is 1.